The summed E-state index contributed by atoms with van der Waals surface area (Å²) < 4.78 is 17.7. The molecule has 1 aromatic rings. The van der Waals surface area contributed by atoms with E-state index in [2.05, 4.69) is 6.58 Å². The van der Waals surface area contributed by atoms with Gasteiger partial charge in [0.25, 0.3) is 0 Å². The van der Waals surface area contributed by atoms with Crippen LogP contribution in [0.15, 0.2) is 36.4 Å². The van der Waals surface area contributed by atoms with Gasteiger partial charge in [-0.1, -0.05) is 32.1 Å². The first kappa shape index (κ1) is 13.4. The van der Waals surface area contributed by atoms with Gasteiger partial charge in [0.15, 0.2) is 0 Å². The molecule has 0 bridgehead atoms. The van der Waals surface area contributed by atoms with Crippen molar-refractivity contribution >= 4 is 5.97 Å². The molecule has 0 atom stereocenters. The molecule has 0 saturated heterocycles. The van der Waals surface area contributed by atoms with Crippen molar-refractivity contribution in [2.24, 2.45) is 0 Å². The van der Waals surface area contributed by atoms with Gasteiger partial charge in [0.1, 0.15) is 5.82 Å². The average Bonchev–Trinajstić information content (AvgIpc) is 2.32. The number of unbranched alkanes of at least 4 members (excludes halogenated alkanes) is 1. The quantitative estimate of drug-likeness (QED) is 0.430. The number of carbonyl (C=O) groups excluding carboxylic acids is 1. The Balaban J connectivity index is 2.43. The van der Waals surface area contributed by atoms with E-state index in [1.165, 1.54) is 12.1 Å². The molecule has 0 spiro atoms. The van der Waals surface area contributed by atoms with Crippen molar-refractivity contribution in [3.8, 4) is 0 Å². The number of ether oxygens (including phenoxy) is 1. The highest BCUT2D eigenvalue weighted by Gasteiger charge is 2.08. The molecule has 2 nitrogen and oxygen atoms in total. The summed E-state index contributed by atoms with van der Waals surface area (Å²) >= 11 is 0. The minimum Gasteiger partial charge on any atom is -0.462 e. The van der Waals surface area contributed by atoms with Crippen molar-refractivity contribution in [1.82, 2.24) is 0 Å². The second-order valence-corrected chi connectivity index (χ2v) is 3.90. The molecule has 1 aromatic carbocycles. The summed E-state index contributed by atoms with van der Waals surface area (Å²) in [7, 11) is 0. The molecule has 3 heteroatoms. The highest BCUT2D eigenvalue weighted by atomic mass is 19.1. The highest BCUT2D eigenvalue weighted by molar-refractivity contribution is 5.88. The first-order valence-corrected chi connectivity index (χ1v) is 5.73. The van der Waals surface area contributed by atoms with E-state index in [0.29, 0.717) is 18.6 Å². The minimum atomic E-state index is -0.372. The molecule has 1 rings (SSSR count). The van der Waals surface area contributed by atoms with Crippen LogP contribution in [0.1, 0.15) is 25.3 Å². The number of esters is 1. The zero-order chi connectivity index (χ0) is 12.7. The smallest absolute Gasteiger partial charge is 0.333 e. The van der Waals surface area contributed by atoms with Gasteiger partial charge in [-0.25, -0.2) is 9.18 Å². The van der Waals surface area contributed by atoms with Gasteiger partial charge in [-0.05, 0) is 24.1 Å². The number of benzene rings is 1. The molecular weight excluding hydrogens is 219 g/mol. The summed E-state index contributed by atoms with van der Waals surface area (Å²) in [5, 5.41) is 0. The van der Waals surface area contributed by atoms with Crippen LogP contribution in [0.25, 0.3) is 0 Å². The molecule has 0 amide bonds. The van der Waals surface area contributed by atoms with Crippen molar-refractivity contribution in [1.29, 1.82) is 0 Å². The van der Waals surface area contributed by atoms with Crippen LogP contribution in [0.5, 0.6) is 0 Å². The highest BCUT2D eigenvalue weighted by Crippen LogP contribution is 2.09. The molecule has 0 aliphatic carbocycles. The topological polar surface area (TPSA) is 26.3 Å². The molecule has 0 heterocycles. The second kappa shape index (κ2) is 6.84. The standard InChI is InChI=1S/C14H17FO2/c1-3-4-9-17-14(16)11(2)10-12-5-7-13(15)8-6-12/h5-8H,2-4,9-10H2,1H3. The molecule has 0 fully saturated rings. The lowest BCUT2D eigenvalue weighted by Crippen LogP contribution is -2.10. The molecule has 17 heavy (non-hydrogen) atoms. The van der Waals surface area contributed by atoms with E-state index in [1.807, 2.05) is 6.92 Å². The van der Waals surface area contributed by atoms with Crippen LogP contribution in [0.3, 0.4) is 0 Å². The predicted octanol–water partition coefficient (Wildman–Crippen LogP) is 3.27. The lowest BCUT2D eigenvalue weighted by atomic mass is 10.1. The third-order valence-electron chi connectivity index (χ3n) is 2.35. The van der Waals surface area contributed by atoms with Crippen molar-refractivity contribution in [2.45, 2.75) is 26.2 Å². The molecule has 0 radical (unpaired) electrons. The van der Waals surface area contributed by atoms with Crippen LogP contribution < -0.4 is 0 Å². The van der Waals surface area contributed by atoms with E-state index in [0.717, 1.165) is 18.4 Å². The van der Waals surface area contributed by atoms with Crippen molar-refractivity contribution in [3.63, 3.8) is 0 Å². The molecule has 0 saturated carbocycles. The molecule has 0 aliphatic rings. The third-order valence-corrected chi connectivity index (χ3v) is 2.35. The van der Waals surface area contributed by atoms with Crippen LogP contribution in [0.4, 0.5) is 4.39 Å². The molecule has 0 aromatic heterocycles. The number of carbonyl (C=O) groups is 1. The van der Waals surface area contributed by atoms with E-state index >= 15 is 0 Å². The number of hydrogen-bond donors (Lipinski definition) is 0. The Labute approximate surface area is 101 Å². The molecular formula is C14H17FO2. The van der Waals surface area contributed by atoms with Crippen LogP contribution in [0, 0.1) is 5.82 Å². The number of halogens is 1. The van der Waals surface area contributed by atoms with E-state index in [1.54, 1.807) is 12.1 Å². The van der Waals surface area contributed by atoms with Gasteiger partial charge in [0, 0.05) is 12.0 Å². The lowest BCUT2D eigenvalue weighted by Gasteiger charge is -2.06. The van der Waals surface area contributed by atoms with Crippen molar-refractivity contribution in [3.05, 3.63) is 47.8 Å². The van der Waals surface area contributed by atoms with Crippen LogP contribution in [-0.4, -0.2) is 12.6 Å². The second-order valence-electron chi connectivity index (χ2n) is 3.90. The van der Waals surface area contributed by atoms with E-state index in [4.69, 9.17) is 4.74 Å². The zero-order valence-corrected chi connectivity index (χ0v) is 10.0. The van der Waals surface area contributed by atoms with Gasteiger partial charge in [-0.3, -0.25) is 0 Å². The van der Waals surface area contributed by atoms with Crippen LogP contribution in [-0.2, 0) is 16.0 Å². The average molecular weight is 236 g/mol. The van der Waals surface area contributed by atoms with Gasteiger partial charge >= 0.3 is 5.97 Å². The van der Waals surface area contributed by atoms with Gasteiger partial charge in [-0.15, -0.1) is 0 Å². The van der Waals surface area contributed by atoms with E-state index in [9.17, 15) is 9.18 Å². The number of hydrogen-bond acceptors (Lipinski definition) is 2. The number of rotatable bonds is 6. The third kappa shape index (κ3) is 4.81. The normalized spacial score (nSPS) is 10.0. The Morgan fingerprint density at radius 2 is 2.00 bits per heavy atom. The fourth-order valence-corrected chi connectivity index (χ4v) is 1.33. The Morgan fingerprint density at radius 1 is 1.35 bits per heavy atom. The molecule has 0 N–H and O–H groups in total. The maximum Gasteiger partial charge on any atom is 0.333 e. The lowest BCUT2D eigenvalue weighted by molar-refractivity contribution is -0.139. The summed E-state index contributed by atoms with van der Waals surface area (Å²) in [6.45, 7) is 6.14. The van der Waals surface area contributed by atoms with Crippen LogP contribution in [0.2, 0.25) is 0 Å². The fraction of sp³-hybridized carbons (Fsp3) is 0.357. The molecule has 0 unspecified atom stereocenters. The first-order chi connectivity index (χ1) is 8.13. The summed E-state index contributed by atoms with van der Waals surface area (Å²) in [6.07, 6.45) is 2.23. The summed E-state index contributed by atoms with van der Waals surface area (Å²) in [5.41, 5.74) is 1.25. The van der Waals surface area contributed by atoms with Gasteiger partial charge in [0.2, 0.25) is 0 Å². The zero-order valence-electron chi connectivity index (χ0n) is 10.0. The largest absolute Gasteiger partial charge is 0.462 e. The summed E-state index contributed by atoms with van der Waals surface area (Å²) in [5.74, 6) is -0.660. The Kier molecular flexibility index (Phi) is 5.40. The first-order valence-electron chi connectivity index (χ1n) is 5.73. The Morgan fingerprint density at radius 3 is 2.59 bits per heavy atom. The van der Waals surface area contributed by atoms with Crippen molar-refractivity contribution < 1.29 is 13.9 Å². The Hall–Kier alpha value is -1.64. The van der Waals surface area contributed by atoms with Crippen LogP contribution >= 0.6 is 0 Å². The SMILES string of the molecule is C=C(Cc1ccc(F)cc1)C(=O)OCCCC. The van der Waals surface area contributed by atoms with E-state index in [-0.39, 0.29) is 11.8 Å². The van der Waals surface area contributed by atoms with E-state index < -0.39 is 0 Å². The fourth-order valence-electron chi connectivity index (χ4n) is 1.33. The molecule has 92 valence electrons. The Bertz CT molecular complexity index is 382. The van der Waals surface area contributed by atoms with Gasteiger partial charge in [0.05, 0.1) is 6.61 Å². The minimum absolute atomic E-state index is 0.287. The maximum atomic E-state index is 12.7. The van der Waals surface area contributed by atoms with Gasteiger partial charge in [-0.2, -0.15) is 0 Å². The predicted molar refractivity (Wildman–Crippen MR) is 65.1 cm³/mol. The molecule has 0 aliphatic heterocycles. The maximum absolute atomic E-state index is 12.7. The summed E-state index contributed by atoms with van der Waals surface area (Å²) in [4.78, 5) is 11.5. The van der Waals surface area contributed by atoms with Crippen molar-refractivity contribution in [2.75, 3.05) is 6.61 Å². The monoisotopic (exact) mass is 236 g/mol. The van der Waals surface area contributed by atoms with Gasteiger partial charge < -0.3 is 4.74 Å². The summed E-state index contributed by atoms with van der Waals surface area (Å²) in [6, 6.07) is 6.01.